The Hall–Kier alpha value is -1.61. The molecule has 1 aromatic heterocycles. The molecule has 0 saturated heterocycles. The van der Waals surface area contributed by atoms with E-state index in [1.165, 1.54) is 5.56 Å². The monoisotopic (exact) mass is 457 g/mol. The van der Waals surface area contributed by atoms with Crippen LogP contribution in [0.15, 0.2) is 54.0 Å². The molecule has 0 fully saturated rings. The third-order valence-electron chi connectivity index (χ3n) is 3.70. The predicted molar refractivity (Wildman–Crippen MR) is 112 cm³/mol. The summed E-state index contributed by atoms with van der Waals surface area (Å²) in [5, 5.41) is 6.58. The van der Waals surface area contributed by atoms with Crippen LogP contribution in [0.1, 0.15) is 25.0 Å². The Kier molecular flexibility index (Phi) is 10.9. The molecule has 1 heterocycles. The lowest BCUT2D eigenvalue weighted by Gasteiger charge is -2.15. The number of benzene rings is 1. The van der Waals surface area contributed by atoms with Crippen LogP contribution in [-0.4, -0.2) is 42.3 Å². The Morgan fingerprint density at radius 2 is 2.00 bits per heavy atom. The molecule has 0 radical (unpaired) electrons. The molecule has 0 aliphatic rings. The number of aliphatic imine (C=N–C) groups is 1. The van der Waals surface area contributed by atoms with Crippen LogP contribution in [0.3, 0.4) is 0 Å². The minimum absolute atomic E-state index is 0. The summed E-state index contributed by atoms with van der Waals surface area (Å²) in [4.78, 5) is 8.24. The second kappa shape index (κ2) is 12.7. The third kappa shape index (κ3) is 8.35. The van der Waals surface area contributed by atoms with Crippen LogP contribution in [-0.2, 0) is 11.3 Å². The first-order chi connectivity index (χ1) is 11.8. The van der Waals surface area contributed by atoms with Gasteiger partial charge in [-0.2, -0.15) is 0 Å². The van der Waals surface area contributed by atoms with E-state index in [0.29, 0.717) is 0 Å². The number of nitrogens with one attached hydrogen (secondary N) is 2. The van der Waals surface area contributed by atoms with Crippen LogP contribution < -0.4 is 10.6 Å². The van der Waals surface area contributed by atoms with Crippen LogP contribution in [0.2, 0.25) is 0 Å². The van der Waals surface area contributed by atoms with Gasteiger partial charge in [-0.15, -0.1) is 24.0 Å². The quantitative estimate of drug-likeness (QED) is 0.263. The summed E-state index contributed by atoms with van der Waals surface area (Å²) < 4.78 is 7.89. The van der Waals surface area contributed by atoms with E-state index in [4.69, 9.17) is 4.74 Å². The number of imidazole rings is 1. The molecule has 0 amide bonds. The van der Waals surface area contributed by atoms with Crippen LogP contribution in [0.25, 0.3) is 0 Å². The Morgan fingerprint density at radius 1 is 1.24 bits per heavy atom. The molecule has 25 heavy (non-hydrogen) atoms. The molecule has 2 N–H and O–H groups in total. The van der Waals surface area contributed by atoms with Crippen molar-refractivity contribution in [3.63, 3.8) is 0 Å². The fraction of sp³-hybridized carbons (Fsp3) is 0.444. The van der Waals surface area contributed by atoms with Gasteiger partial charge in [0.2, 0.25) is 0 Å². The van der Waals surface area contributed by atoms with Crippen molar-refractivity contribution in [3.8, 4) is 0 Å². The zero-order valence-corrected chi connectivity index (χ0v) is 17.2. The van der Waals surface area contributed by atoms with E-state index in [9.17, 15) is 0 Å². The van der Waals surface area contributed by atoms with E-state index in [2.05, 4.69) is 39.7 Å². The van der Waals surface area contributed by atoms with Gasteiger partial charge in [-0.1, -0.05) is 30.3 Å². The second-order valence-corrected chi connectivity index (χ2v) is 5.50. The van der Waals surface area contributed by atoms with E-state index in [-0.39, 0.29) is 30.1 Å². The van der Waals surface area contributed by atoms with Gasteiger partial charge >= 0.3 is 0 Å². The van der Waals surface area contributed by atoms with E-state index >= 15 is 0 Å². The number of guanidine groups is 1. The molecule has 7 heteroatoms. The van der Waals surface area contributed by atoms with E-state index in [0.717, 1.165) is 38.6 Å². The SMILES string of the molecule is CN=C(NCCCOC(C)c1ccccc1)NCCn1ccnc1.I. The molecule has 0 saturated carbocycles. The summed E-state index contributed by atoms with van der Waals surface area (Å²) in [6, 6.07) is 10.3. The summed E-state index contributed by atoms with van der Waals surface area (Å²) in [7, 11) is 1.78. The van der Waals surface area contributed by atoms with Crippen molar-refractivity contribution >= 4 is 29.9 Å². The first-order valence-electron chi connectivity index (χ1n) is 8.36. The molecule has 1 aromatic carbocycles. The summed E-state index contributed by atoms with van der Waals surface area (Å²) in [5.74, 6) is 0.811. The van der Waals surface area contributed by atoms with Crippen LogP contribution in [0.4, 0.5) is 0 Å². The minimum atomic E-state index is 0. The number of hydrogen-bond donors (Lipinski definition) is 2. The fourth-order valence-electron chi connectivity index (χ4n) is 2.30. The average Bonchev–Trinajstić information content (AvgIpc) is 3.14. The van der Waals surface area contributed by atoms with Gasteiger partial charge in [0.1, 0.15) is 0 Å². The molecular weight excluding hydrogens is 429 g/mol. The molecular formula is C18H28IN5O. The predicted octanol–water partition coefficient (Wildman–Crippen LogP) is 2.83. The average molecular weight is 457 g/mol. The summed E-state index contributed by atoms with van der Waals surface area (Å²) in [6.45, 7) is 5.29. The maximum atomic E-state index is 5.86. The first kappa shape index (κ1) is 21.4. The summed E-state index contributed by atoms with van der Waals surface area (Å²) in [5.41, 5.74) is 1.21. The number of halogens is 1. The van der Waals surface area contributed by atoms with Crippen molar-refractivity contribution < 1.29 is 4.74 Å². The molecule has 2 aromatic rings. The highest BCUT2D eigenvalue weighted by Gasteiger charge is 2.04. The van der Waals surface area contributed by atoms with Gasteiger partial charge in [0.25, 0.3) is 0 Å². The second-order valence-electron chi connectivity index (χ2n) is 5.50. The molecule has 1 atom stereocenters. The summed E-state index contributed by atoms with van der Waals surface area (Å²) in [6.07, 6.45) is 6.59. The van der Waals surface area contributed by atoms with Gasteiger partial charge in [0.15, 0.2) is 5.96 Å². The highest BCUT2D eigenvalue weighted by Crippen LogP contribution is 2.15. The Balaban J connectivity index is 0.00000312. The van der Waals surface area contributed by atoms with E-state index < -0.39 is 0 Å². The molecule has 138 valence electrons. The van der Waals surface area contributed by atoms with E-state index in [1.807, 2.05) is 35.3 Å². The Labute approximate surface area is 167 Å². The molecule has 2 rings (SSSR count). The van der Waals surface area contributed by atoms with Gasteiger partial charge < -0.3 is 19.9 Å². The Morgan fingerprint density at radius 3 is 2.68 bits per heavy atom. The lowest BCUT2D eigenvalue weighted by molar-refractivity contribution is 0.0646. The highest BCUT2D eigenvalue weighted by molar-refractivity contribution is 14.0. The van der Waals surface area contributed by atoms with Gasteiger partial charge in [-0.05, 0) is 18.9 Å². The molecule has 1 unspecified atom stereocenters. The zero-order valence-electron chi connectivity index (χ0n) is 14.9. The molecule has 6 nitrogen and oxygen atoms in total. The number of rotatable bonds is 9. The Bertz CT molecular complexity index is 589. The largest absolute Gasteiger partial charge is 0.374 e. The summed E-state index contributed by atoms with van der Waals surface area (Å²) >= 11 is 0. The third-order valence-corrected chi connectivity index (χ3v) is 3.70. The maximum Gasteiger partial charge on any atom is 0.191 e. The van der Waals surface area contributed by atoms with Crippen LogP contribution in [0, 0.1) is 0 Å². The van der Waals surface area contributed by atoms with Gasteiger partial charge in [0.05, 0.1) is 12.4 Å². The van der Waals surface area contributed by atoms with Gasteiger partial charge in [0, 0.05) is 45.7 Å². The standard InChI is InChI=1S/C18H27N5O.HI/c1-16(17-7-4-3-5-8-17)24-14-6-9-21-18(19-2)22-11-13-23-12-10-20-15-23;/h3-5,7-8,10,12,15-16H,6,9,11,13-14H2,1-2H3,(H2,19,21,22);1H. The zero-order chi connectivity index (χ0) is 17.0. The molecule has 0 bridgehead atoms. The van der Waals surface area contributed by atoms with Crippen molar-refractivity contribution in [3.05, 3.63) is 54.6 Å². The van der Waals surface area contributed by atoms with Crippen molar-refractivity contribution in [1.29, 1.82) is 0 Å². The lowest BCUT2D eigenvalue weighted by atomic mass is 10.1. The number of nitrogens with zero attached hydrogens (tertiary/aromatic N) is 3. The van der Waals surface area contributed by atoms with Crippen molar-refractivity contribution in [2.24, 2.45) is 4.99 Å². The van der Waals surface area contributed by atoms with Crippen LogP contribution in [0.5, 0.6) is 0 Å². The number of aromatic nitrogens is 2. The number of hydrogen-bond acceptors (Lipinski definition) is 3. The fourth-order valence-corrected chi connectivity index (χ4v) is 2.30. The molecule has 0 spiro atoms. The van der Waals surface area contributed by atoms with Crippen LogP contribution >= 0.6 is 24.0 Å². The lowest BCUT2D eigenvalue weighted by Crippen LogP contribution is -2.39. The number of ether oxygens (including phenoxy) is 1. The van der Waals surface area contributed by atoms with Crippen molar-refractivity contribution in [1.82, 2.24) is 20.2 Å². The normalized spacial score (nSPS) is 12.3. The first-order valence-corrected chi connectivity index (χ1v) is 8.36. The smallest absolute Gasteiger partial charge is 0.191 e. The maximum absolute atomic E-state index is 5.86. The van der Waals surface area contributed by atoms with Gasteiger partial charge in [-0.25, -0.2) is 4.98 Å². The molecule has 0 aliphatic carbocycles. The topological polar surface area (TPSA) is 63.5 Å². The van der Waals surface area contributed by atoms with Crippen molar-refractivity contribution in [2.75, 3.05) is 26.7 Å². The highest BCUT2D eigenvalue weighted by atomic mass is 127. The van der Waals surface area contributed by atoms with Crippen molar-refractivity contribution in [2.45, 2.75) is 26.0 Å². The minimum Gasteiger partial charge on any atom is -0.374 e. The molecule has 0 aliphatic heterocycles. The van der Waals surface area contributed by atoms with E-state index in [1.54, 1.807) is 13.2 Å². The van der Waals surface area contributed by atoms with Gasteiger partial charge in [-0.3, -0.25) is 4.99 Å².